The minimum Gasteiger partial charge on any atom is -0.381 e. The number of rotatable bonds is 9. The van der Waals surface area contributed by atoms with E-state index < -0.39 is 0 Å². The van der Waals surface area contributed by atoms with E-state index in [1.54, 1.807) is 4.68 Å². The van der Waals surface area contributed by atoms with E-state index in [2.05, 4.69) is 38.0 Å². The summed E-state index contributed by atoms with van der Waals surface area (Å²) in [4.78, 5) is 0. The van der Waals surface area contributed by atoms with Crippen molar-refractivity contribution in [3.05, 3.63) is 11.9 Å². The van der Waals surface area contributed by atoms with Crippen molar-refractivity contribution >= 4 is 0 Å². The maximum absolute atomic E-state index is 5.66. The lowest BCUT2D eigenvalue weighted by atomic mass is 9.86. The van der Waals surface area contributed by atoms with Gasteiger partial charge in [-0.2, -0.15) is 0 Å². The molecule has 20 heavy (non-hydrogen) atoms. The first-order chi connectivity index (χ1) is 9.31. The van der Waals surface area contributed by atoms with E-state index in [4.69, 9.17) is 9.47 Å². The summed E-state index contributed by atoms with van der Waals surface area (Å²) in [6.45, 7) is 14.7. The van der Waals surface area contributed by atoms with Crippen LogP contribution in [0.1, 0.15) is 53.7 Å². The van der Waals surface area contributed by atoms with Crippen LogP contribution >= 0.6 is 0 Å². The van der Waals surface area contributed by atoms with E-state index in [-0.39, 0.29) is 11.5 Å². The molecule has 1 heterocycles. The van der Waals surface area contributed by atoms with Gasteiger partial charge >= 0.3 is 0 Å². The molecule has 0 saturated heterocycles. The first-order valence-electron chi connectivity index (χ1n) is 7.41. The third-order valence-corrected chi connectivity index (χ3v) is 3.09. The van der Waals surface area contributed by atoms with Crippen LogP contribution in [0.4, 0.5) is 0 Å². The summed E-state index contributed by atoms with van der Waals surface area (Å²) in [5, 5.41) is 8.37. The van der Waals surface area contributed by atoms with Gasteiger partial charge in [0.1, 0.15) is 6.73 Å². The Labute approximate surface area is 122 Å². The smallest absolute Gasteiger partial charge is 0.141 e. The third-order valence-electron chi connectivity index (χ3n) is 3.09. The monoisotopic (exact) mass is 283 g/mol. The predicted molar refractivity (Wildman–Crippen MR) is 79.5 cm³/mol. The zero-order valence-electron chi connectivity index (χ0n) is 13.7. The summed E-state index contributed by atoms with van der Waals surface area (Å²) in [6, 6.07) is 0. The van der Waals surface area contributed by atoms with Gasteiger partial charge in [-0.15, -0.1) is 5.10 Å². The number of nitrogens with zero attached hydrogens (tertiary/aromatic N) is 3. The predicted octanol–water partition coefficient (Wildman–Crippen LogP) is 3.00. The lowest BCUT2D eigenvalue weighted by molar-refractivity contribution is 0.0211. The molecule has 1 aromatic rings. The molecule has 116 valence electrons. The molecule has 0 N–H and O–H groups in total. The van der Waals surface area contributed by atoms with Crippen molar-refractivity contribution in [2.24, 2.45) is 5.92 Å². The van der Waals surface area contributed by atoms with Crippen LogP contribution in [0, 0.1) is 5.92 Å². The highest BCUT2D eigenvalue weighted by atomic mass is 16.5. The molecule has 0 aliphatic rings. The van der Waals surface area contributed by atoms with Crippen LogP contribution in [0.15, 0.2) is 6.20 Å². The van der Waals surface area contributed by atoms with Gasteiger partial charge in [-0.1, -0.05) is 32.9 Å². The zero-order valence-corrected chi connectivity index (χ0v) is 13.7. The Hall–Kier alpha value is -0.940. The minimum absolute atomic E-state index is 0.0347. The second-order valence-electron chi connectivity index (χ2n) is 6.59. The number of aromatic nitrogens is 3. The maximum Gasteiger partial charge on any atom is 0.141 e. The minimum atomic E-state index is -0.0347. The fourth-order valence-corrected chi connectivity index (χ4v) is 1.67. The molecule has 0 aliphatic heterocycles. The van der Waals surface area contributed by atoms with Gasteiger partial charge in [0.25, 0.3) is 0 Å². The van der Waals surface area contributed by atoms with Gasteiger partial charge in [0.2, 0.25) is 0 Å². The van der Waals surface area contributed by atoms with E-state index in [0.717, 1.165) is 25.3 Å². The molecule has 5 nitrogen and oxygen atoms in total. The largest absolute Gasteiger partial charge is 0.381 e. The summed E-state index contributed by atoms with van der Waals surface area (Å²) >= 11 is 0. The first kappa shape index (κ1) is 17.1. The van der Waals surface area contributed by atoms with Gasteiger partial charge in [-0.05, 0) is 26.2 Å². The fourth-order valence-electron chi connectivity index (χ4n) is 1.67. The average molecular weight is 283 g/mol. The first-order valence-corrected chi connectivity index (χ1v) is 7.41. The van der Waals surface area contributed by atoms with Crippen molar-refractivity contribution in [2.75, 3.05) is 13.2 Å². The molecule has 1 aromatic heterocycles. The van der Waals surface area contributed by atoms with Crippen LogP contribution < -0.4 is 0 Å². The lowest BCUT2D eigenvalue weighted by Crippen LogP contribution is -2.21. The summed E-state index contributed by atoms with van der Waals surface area (Å²) in [5.41, 5.74) is 0.950. The van der Waals surface area contributed by atoms with Gasteiger partial charge in [0.05, 0.1) is 18.0 Å². The Kier molecular flexibility index (Phi) is 6.62. The Balaban J connectivity index is 2.46. The molecule has 5 heteroatoms. The van der Waals surface area contributed by atoms with Crippen LogP contribution in [0.3, 0.4) is 0 Å². The highest BCUT2D eigenvalue weighted by Crippen LogP contribution is 2.24. The third kappa shape index (κ3) is 6.01. The van der Waals surface area contributed by atoms with Crippen LogP contribution in [0.25, 0.3) is 0 Å². The molecule has 1 rings (SSSR count). The summed E-state index contributed by atoms with van der Waals surface area (Å²) in [5.74, 6) is 0.576. The Morgan fingerprint density at radius 3 is 2.55 bits per heavy atom. The van der Waals surface area contributed by atoms with Gasteiger partial charge in [0, 0.05) is 18.6 Å². The second kappa shape index (κ2) is 7.74. The lowest BCUT2D eigenvalue weighted by Gasteiger charge is -2.21. The number of ether oxygens (including phenoxy) is 2. The topological polar surface area (TPSA) is 49.2 Å². The standard InChI is InChI=1S/C15H29N3O2/c1-12(2)10-19-8-7-15(5,6)14-9-18(17-16-14)11-20-13(3)4/h9,12-13H,7-8,10-11H2,1-6H3. The zero-order chi connectivity index (χ0) is 15.2. The van der Waals surface area contributed by atoms with Crippen molar-refractivity contribution in [3.63, 3.8) is 0 Å². The molecule has 0 spiro atoms. The molecule has 0 fully saturated rings. The second-order valence-corrected chi connectivity index (χ2v) is 6.59. The van der Waals surface area contributed by atoms with Crippen molar-refractivity contribution in [1.82, 2.24) is 15.0 Å². The average Bonchev–Trinajstić information content (AvgIpc) is 2.81. The molecule has 0 radical (unpaired) electrons. The highest BCUT2D eigenvalue weighted by molar-refractivity contribution is 5.08. The molecule has 0 amide bonds. The summed E-state index contributed by atoms with van der Waals surface area (Å²) in [6.07, 6.45) is 3.09. The van der Waals surface area contributed by atoms with E-state index in [0.29, 0.717) is 12.6 Å². The normalized spacial score (nSPS) is 12.6. The van der Waals surface area contributed by atoms with Crippen LogP contribution in [0.2, 0.25) is 0 Å². The molecule has 0 atom stereocenters. The van der Waals surface area contributed by atoms with Crippen LogP contribution in [-0.2, 0) is 21.6 Å². The van der Waals surface area contributed by atoms with Gasteiger partial charge < -0.3 is 9.47 Å². The molecule has 0 unspecified atom stereocenters. The van der Waals surface area contributed by atoms with Crippen molar-refractivity contribution in [1.29, 1.82) is 0 Å². The molecule has 0 bridgehead atoms. The Morgan fingerprint density at radius 2 is 1.95 bits per heavy atom. The van der Waals surface area contributed by atoms with Gasteiger partial charge in [-0.3, -0.25) is 0 Å². The van der Waals surface area contributed by atoms with Crippen LogP contribution in [0.5, 0.6) is 0 Å². The van der Waals surface area contributed by atoms with E-state index in [1.807, 2.05) is 20.0 Å². The number of hydrogen-bond donors (Lipinski definition) is 0. The SMILES string of the molecule is CC(C)COCCC(C)(C)c1cn(COC(C)C)nn1. The molecular weight excluding hydrogens is 254 g/mol. The number of hydrogen-bond acceptors (Lipinski definition) is 4. The maximum atomic E-state index is 5.66. The summed E-state index contributed by atoms with van der Waals surface area (Å²) < 4.78 is 12.9. The Bertz CT molecular complexity index is 386. The van der Waals surface area contributed by atoms with E-state index in [1.165, 1.54) is 0 Å². The molecule has 0 aromatic carbocycles. The highest BCUT2D eigenvalue weighted by Gasteiger charge is 2.24. The van der Waals surface area contributed by atoms with E-state index in [9.17, 15) is 0 Å². The van der Waals surface area contributed by atoms with Crippen LogP contribution in [-0.4, -0.2) is 34.3 Å². The Morgan fingerprint density at radius 1 is 1.25 bits per heavy atom. The molecule has 0 aliphatic carbocycles. The van der Waals surface area contributed by atoms with Gasteiger partial charge in [-0.25, -0.2) is 4.68 Å². The van der Waals surface area contributed by atoms with Gasteiger partial charge in [0.15, 0.2) is 0 Å². The van der Waals surface area contributed by atoms with Crippen molar-refractivity contribution in [2.45, 2.75) is 66.2 Å². The van der Waals surface area contributed by atoms with E-state index >= 15 is 0 Å². The fraction of sp³-hybridized carbons (Fsp3) is 0.867. The van der Waals surface area contributed by atoms with Crippen molar-refractivity contribution < 1.29 is 9.47 Å². The quantitative estimate of drug-likeness (QED) is 0.654. The summed E-state index contributed by atoms with van der Waals surface area (Å²) in [7, 11) is 0. The molecular formula is C15H29N3O2. The molecule has 0 saturated carbocycles. The van der Waals surface area contributed by atoms with Crippen molar-refractivity contribution in [3.8, 4) is 0 Å².